The molecule has 6 rings (SSSR count). The molecule has 0 radical (unpaired) electrons. The van der Waals surface area contributed by atoms with Crippen molar-refractivity contribution in [3.05, 3.63) is 41.7 Å². The number of rotatable bonds is 4. The Bertz CT molecular complexity index is 1230. The second-order valence-corrected chi connectivity index (χ2v) is 10.5. The third-order valence-corrected chi connectivity index (χ3v) is 7.89. The summed E-state index contributed by atoms with van der Waals surface area (Å²) in [5.74, 6) is 0.376. The Labute approximate surface area is 207 Å². The molecule has 13 heteroatoms. The average Bonchev–Trinajstić information content (AvgIpc) is 3.53. The van der Waals surface area contributed by atoms with Gasteiger partial charge in [-0.1, -0.05) is 31.2 Å². The van der Waals surface area contributed by atoms with Gasteiger partial charge in [-0.25, -0.2) is 0 Å². The van der Waals surface area contributed by atoms with Crippen LogP contribution in [0.1, 0.15) is 36.2 Å². The topological polar surface area (TPSA) is 176 Å². The third-order valence-electron chi connectivity index (χ3n) is 7.89. The van der Waals surface area contributed by atoms with Crippen molar-refractivity contribution in [2.24, 2.45) is 0 Å². The van der Waals surface area contributed by atoms with Crippen molar-refractivity contribution in [2.45, 2.75) is 62.1 Å². The zero-order valence-electron chi connectivity index (χ0n) is 20.1. The third kappa shape index (κ3) is 3.22. The number of carbonyl (C=O) groups is 1. The predicted octanol–water partition coefficient (Wildman–Crippen LogP) is -1.09. The van der Waals surface area contributed by atoms with E-state index in [1.807, 2.05) is 12.1 Å². The van der Waals surface area contributed by atoms with E-state index in [4.69, 9.17) is 15.6 Å². The lowest BCUT2D eigenvalue weighted by Gasteiger charge is -2.49. The number of aromatic nitrogens is 3. The van der Waals surface area contributed by atoms with Crippen molar-refractivity contribution in [2.75, 3.05) is 13.2 Å². The second-order valence-electron chi connectivity index (χ2n) is 10.5. The Morgan fingerprint density at radius 3 is 2.94 bits per heavy atom. The van der Waals surface area contributed by atoms with Crippen LogP contribution in [0.2, 0.25) is 0 Å². The van der Waals surface area contributed by atoms with Crippen molar-refractivity contribution >= 4 is 17.8 Å². The van der Waals surface area contributed by atoms with E-state index >= 15 is 0 Å². The number of aliphatic hydroxyl groups excluding tert-OH is 1. The number of amides is 1. The average molecular weight is 495 g/mol. The predicted molar refractivity (Wildman–Crippen MR) is 129 cm³/mol. The van der Waals surface area contributed by atoms with Gasteiger partial charge in [-0.05, 0) is 17.9 Å². The Balaban J connectivity index is 1.28. The minimum Gasteiger partial charge on any atom is -0.492 e. The van der Waals surface area contributed by atoms with Crippen LogP contribution < -0.4 is 26.0 Å². The summed E-state index contributed by atoms with van der Waals surface area (Å²) in [6.45, 7) is 5.36. The molecule has 0 aliphatic carbocycles. The van der Waals surface area contributed by atoms with Crippen LogP contribution in [0.5, 0.6) is 5.75 Å². The minimum absolute atomic E-state index is 0.0453. The molecule has 5 heterocycles. The van der Waals surface area contributed by atoms with Crippen molar-refractivity contribution in [1.82, 2.24) is 41.2 Å². The van der Waals surface area contributed by atoms with Gasteiger partial charge in [0.15, 0.2) is 17.6 Å². The molecule has 1 aromatic carbocycles. The Morgan fingerprint density at radius 2 is 2.17 bits per heavy atom. The van der Waals surface area contributed by atoms with Crippen molar-refractivity contribution in [1.29, 1.82) is 10.8 Å². The summed E-state index contributed by atoms with van der Waals surface area (Å²) in [5, 5.41) is 48.7. The van der Waals surface area contributed by atoms with Gasteiger partial charge in [0.05, 0.1) is 43.0 Å². The van der Waals surface area contributed by atoms with Crippen LogP contribution in [0.4, 0.5) is 0 Å². The molecular weight excluding hydrogens is 464 g/mol. The summed E-state index contributed by atoms with van der Waals surface area (Å²) in [6, 6.07) is 4.03. The normalized spacial score (nSPS) is 31.8. The number of para-hydroxylation sites is 1. The highest BCUT2D eigenvalue weighted by Crippen LogP contribution is 2.41. The second kappa shape index (κ2) is 7.82. The van der Waals surface area contributed by atoms with Gasteiger partial charge in [0.25, 0.3) is 5.91 Å². The van der Waals surface area contributed by atoms with Crippen molar-refractivity contribution in [3.8, 4) is 5.75 Å². The smallest absolute Gasteiger partial charge is 0.255 e. The van der Waals surface area contributed by atoms with E-state index in [0.29, 0.717) is 24.5 Å². The Kier molecular flexibility index (Phi) is 4.90. The summed E-state index contributed by atoms with van der Waals surface area (Å²) in [7, 11) is 0. The Morgan fingerprint density at radius 1 is 1.33 bits per heavy atom. The van der Waals surface area contributed by atoms with E-state index in [9.17, 15) is 9.90 Å². The fourth-order valence-corrected chi connectivity index (χ4v) is 6.01. The van der Waals surface area contributed by atoms with Gasteiger partial charge in [-0.2, -0.15) is 0 Å². The number of nitrogens with zero attached hydrogens (tertiary/aromatic N) is 4. The van der Waals surface area contributed by atoms with Crippen LogP contribution in [0.25, 0.3) is 0 Å². The molecule has 1 spiro atoms. The maximum atomic E-state index is 13.5. The van der Waals surface area contributed by atoms with E-state index in [2.05, 4.69) is 45.4 Å². The maximum Gasteiger partial charge on any atom is 0.255 e. The van der Waals surface area contributed by atoms with E-state index < -0.39 is 23.9 Å². The van der Waals surface area contributed by atoms with Crippen LogP contribution in [-0.4, -0.2) is 85.9 Å². The number of benzene rings is 1. The zero-order chi connectivity index (χ0) is 25.2. The number of carbonyl (C=O) groups excluding carboxylic acids is 1. The largest absolute Gasteiger partial charge is 0.492 e. The fourth-order valence-electron chi connectivity index (χ4n) is 6.01. The van der Waals surface area contributed by atoms with E-state index in [-0.39, 0.29) is 35.8 Å². The molecule has 1 aromatic heterocycles. The monoisotopic (exact) mass is 494 g/mol. The zero-order valence-corrected chi connectivity index (χ0v) is 20.1. The van der Waals surface area contributed by atoms with Crippen molar-refractivity contribution in [3.63, 3.8) is 0 Å². The van der Waals surface area contributed by atoms with Gasteiger partial charge in [0.1, 0.15) is 11.9 Å². The van der Waals surface area contributed by atoms with Crippen LogP contribution in [0, 0.1) is 10.8 Å². The summed E-state index contributed by atoms with van der Waals surface area (Å²) in [5.41, 5.74) is 0.121. The number of ether oxygens (including phenoxy) is 1. The molecule has 3 saturated heterocycles. The highest BCUT2D eigenvalue weighted by Gasteiger charge is 2.66. The van der Waals surface area contributed by atoms with Crippen molar-refractivity contribution < 1.29 is 14.6 Å². The van der Waals surface area contributed by atoms with Gasteiger partial charge in [0.2, 0.25) is 0 Å². The molecule has 2 aromatic rings. The lowest BCUT2D eigenvalue weighted by atomic mass is 9.79. The molecule has 4 aliphatic heterocycles. The number of guanidine groups is 2. The molecule has 3 fully saturated rings. The molecule has 5 atom stereocenters. The molecular formula is C23H30N10O3. The molecule has 36 heavy (non-hydrogen) atoms. The molecule has 0 saturated carbocycles. The van der Waals surface area contributed by atoms with Gasteiger partial charge >= 0.3 is 0 Å². The number of hydrogen-bond donors (Lipinski definition) is 7. The van der Waals surface area contributed by atoms with Gasteiger partial charge in [-0.3, -0.25) is 20.3 Å². The SMILES string of the molecule is CC1(C)CCOc2c(C(=O)NC3CN4C(=N)N[C@@H](Cn5ccnn5)C5NC(=N)NC54[C@@H]3O)cccc21. The van der Waals surface area contributed by atoms with E-state index in [1.54, 1.807) is 28.0 Å². The highest BCUT2D eigenvalue weighted by molar-refractivity contribution is 5.98. The first-order chi connectivity index (χ1) is 17.2. The standard InChI is InChI=1S/C23H30N10O3/c1-22(2)6-9-36-16-12(4-3-5-13(16)22)19(35)27-15-11-33-21(25)28-14(10-32-8-7-26-31-32)17-23(33,18(15)34)30-20(24)29-17/h3-5,7-8,14-15,17-18,34H,6,9-11H2,1-2H3,(H2,25,28)(H,27,35)(H3,24,29,30)/t14-,15?,17?,18+,23?/m0/s1. The quantitative estimate of drug-likeness (QED) is 0.278. The summed E-state index contributed by atoms with van der Waals surface area (Å²) >= 11 is 0. The van der Waals surface area contributed by atoms with Crippen LogP contribution in [0.3, 0.4) is 0 Å². The molecule has 13 nitrogen and oxygen atoms in total. The lowest BCUT2D eigenvalue weighted by molar-refractivity contribution is 0.00370. The Hall–Kier alpha value is -3.87. The first-order valence-corrected chi connectivity index (χ1v) is 12.1. The lowest BCUT2D eigenvalue weighted by Crippen LogP contribution is -2.77. The fraction of sp³-hybridized carbons (Fsp3) is 0.522. The molecule has 4 aliphatic rings. The number of fused-ring (bicyclic) bond motifs is 1. The summed E-state index contributed by atoms with van der Waals surface area (Å²) < 4.78 is 7.56. The van der Waals surface area contributed by atoms with Crippen LogP contribution >= 0.6 is 0 Å². The summed E-state index contributed by atoms with van der Waals surface area (Å²) in [6.07, 6.45) is 3.04. The first-order valence-electron chi connectivity index (χ1n) is 12.1. The van der Waals surface area contributed by atoms with E-state index in [1.165, 1.54) is 0 Å². The minimum atomic E-state index is -1.18. The number of aliphatic hydroxyl groups is 1. The molecule has 3 unspecified atom stereocenters. The van der Waals surface area contributed by atoms with E-state index in [0.717, 1.165) is 12.0 Å². The first kappa shape index (κ1) is 22.6. The number of hydrogen-bond acceptors (Lipinski definition) is 7. The molecule has 7 N–H and O–H groups in total. The molecule has 190 valence electrons. The highest BCUT2D eigenvalue weighted by atomic mass is 16.5. The van der Waals surface area contributed by atoms with Gasteiger partial charge in [0, 0.05) is 18.3 Å². The van der Waals surface area contributed by atoms with Gasteiger partial charge in [-0.15, -0.1) is 5.10 Å². The maximum absolute atomic E-state index is 13.5. The van der Waals surface area contributed by atoms with Crippen LogP contribution in [-0.2, 0) is 12.0 Å². The summed E-state index contributed by atoms with van der Waals surface area (Å²) in [4.78, 5) is 15.1. The van der Waals surface area contributed by atoms with Gasteiger partial charge < -0.3 is 36.0 Å². The number of nitrogens with one attached hydrogen (secondary N) is 6. The van der Waals surface area contributed by atoms with Crippen LogP contribution in [0.15, 0.2) is 30.6 Å². The molecule has 1 amide bonds. The molecule has 0 bridgehead atoms.